The van der Waals surface area contributed by atoms with Gasteiger partial charge in [-0.25, -0.2) is 9.07 Å². The maximum absolute atomic E-state index is 14.6. The van der Waals surface area contributed by atoms with Crippen LogP contribution in [-0.4, -0.2) is 39.1 Å². The van der Waals surface area contributed by atoms with Gasteiger partial charge in [-0.3, -0.25) is 9.59 Å². The largest absolute Gasteiger partial charge is 0.331 e. The quantitative estimate of drug-likeness (QED) is 0.895. The van der Waals surface area contributed by atoms with Gasteiger partial charge in [-0.2, -0.15) is 5.10 Å². The Balaban J connectivity index is 1.77. The Morgan fingerprint density at radius 2 is 2.04 bits per heavy atom. The number of aryl methyl sites for hydroxylation is 2. The van der Waals surface area contributed by atoms with E-state index in [9.17, 15) is 14.0 Å². The highest BCUT2D eigenvalue weighted by Gasteiger charge is 2.31. The lowest BCUT2D eigenvalue weighted by Crippen LogP contribution is -2.49. The van der Waals surface area contributed by atoms with Crippen LogP contribution in [0.25, 0.3) is 5.69 Å². The minimum absolute atomic E-state index is 0.0269. The maximum Gasteiger partial charge on any atom is 0.247 e. The Bertz CT molecular complexity index is 862. The highest BCUT2D eigenvalue weighted by Crippen LogP contribution is 2.23. The molecule has 7 heteroatoms. The normalized spacial score (nSPS) is 17.0. The van der Waals surface area contributed by atoms with Crippen molar-refractivity contribution in [2.75, 3.05) is 11.9 Å². The van der Waals surface area contributed by atoms with E-state index in [4.69, 9.17) is 0 Å². The number of hydrogen-bond donors (Lipinski definition) is 1. The number of amides is 2. The molecule has 0 aliphatic carbocycles. The van der Waals surface area contributed by atoms with Crippen LogP contribution in [0.15, 0.2) is 24.3 Å². The summed E-state index contributed by atoms with van der Waals surface area (Å²) >= 11 is 0. The maximum atomic E-state index is 14.6. The molecule has 2 aromatic rings. The van der Waals surface area contributed by atoms with Crippen LogP contribution in [0.1, 0.15) is 44.0 Å². The summed E-state index contributed by atoms with van der Waals surface area (Å²) < 4.78 is 16.1. The van der Waals surface area contributed by atoms with Crippen molar-refractivity contribution in [3.63, 3.8) is 0 Å². The number of aromatic nitrogens is 2. The van der Waals surface area contributed by atoms with Crippen LogP contribution < -0.4 is 5.32 Å². The summed E-state index contributed by atoms with van der Waals surface area (Å²) in [6.45, 7) is 6.09. The van der Waals surface area contributed by atoms with Crippen molar-refractivity contribution < 1.29 is 14.0 Å². The Kier molecular flexibility index (Phi) is 5.58. The first-order valence-corrected chi connectivity index (χ1v) is 9.34. The van der Waals surface area contributed by atoms with Gasteiger partial charge in [-0.05, 0) is 57.4 Å². The molecule has 1 saturated heterocycles. The zero-order valence-electron chi connectivity index (χ0n) is 16.0. The Morgan fingerprint density at radius 3 is 2.67 bits per heavy atom. The van der Waals surface area contributed by atoms with Crippen molar-refractivity contribution >= 4 is 17.5 Å². The van der Waals surface area contributed by atoms with Crippen LogP contribution in [0.2, 0.25) is 0 Å². The first-order chi connectivity index (χ1) is 12.9. The number of hydrogen-bond acceptors (Lipinski definition) is 3. The van der Waals surface area contributed by atoms with Gasteiger partial charge in [-0.15, -0.1) is 0 Å². The molecule has 0 radical (unpaired) electrons. The first-order valence-electron chi connectivity index (χ1n) is 9.34. The fourth-order valence-electron chi connectivity index (χ4n) is 3.56. The summed E-state index contributed by atoms with van der Waals surface area (Å²) in [7, 11) is 0. The number of benzene rings is 1. The lowest BCUT2D eigenvalue weighted by molar-refractivity contribution is -0.140. The highest BCUT2D eigenvalue weighted by atomic mass is 19.1. The van der Waals surface area contributed by atoms with Crippen LogP contribution in [0, 0.1) is 19.7 Å². The predicted octanol–water partition coefficient (Wildman–Crippen LogP) is 3.36. The SMILES string of the molecule is CCC(=O)N1CCCCC1C(=O)Nc1ccc(-n2nc(C)cc2C)c(F)c1. The number of likely N-dealkylation sites (tertiary alicyclic amines) is 1. The van der Waals surface area contributed by atoms with Gasteiger partial charge in [0, 0.05) is 24.3 Å². The standard InChI is InChI=1S/C20H25FN4O2/c1-4-19(26)24-10-6-5-7-18(24)20(27)22-15-8-9-17(16(21)12-15)25-14(3)11-13(2)23-25/h8-9,11-12,18H,4-7,10H2,1-3H3,(H,22,27). The molecule has 0 saturated carbocycles. The van der Waals surface area contributed by atoms with E-state index in [0.29, 0.717) is 30.8 Å². The first kappa shape index (κ1) is 19.1. The van der Waals surface area contributed by atoms with Gasteiger partial charge in [-0.1, -0.05) is 6.92 Å². The number of halogens is 1. The van der Waals surface area contributed by atoms with E-state index in [1.165, 1.54) is 6.07 Å². The van der Waals surface area contributed by atoms with Crippen LogP contribution in [0.3, 0.4) is 0 Å². The topological polar surface area (TPSA) is 67.2 Å². The van der Waals surface area contributed by atoms with Gasteiger partial charge >= 0.3 is 0 Å². The smallest absolute Gasteiger partial charge is 0.247 e. The average Bonchev–Trinajstić information content (AvgIpc) is 2.99. The Labute approximate surface area is 158 Å². The number of anilines is 1. The second-order valence-corrected chi connectivity index (χ2v) is 6.95. The molecule has 1 aromatic carbocycles. The fourth-order valence-corrected chi connectivity index (χ4v) is 3.56. The molecule has 0 spiro atoms. The molecule has 144 valence electrons. The lowest BCUT2D eigenvalue weighted by atomic mass is 10.0. The van der Waals surface area contributed by atoms with Gasteiger partial charge in [0.2, 0.25) is 11.8 Å². The van der Waals surface area contributed by atoms with Crippen LogP contribution in [0.4, 0.5) is 10.1 Å². The Morgan fingerprint density at radius 1 is 1.26 bits per heavy atom. The zero-order valence-corrected chi connectivity index (χ0v) is 16.0. The number of carbonyl (C=O) groups excluding carboxylic acids is 2. The van der Waals surface area contributed by atoms with E-state index >= 15 is 0 Å². The highest BCUT2D eigenvalue weighted by molar-refractivity contribution is 5.97. The van der Waals surface area contributed by atoms with Crippen molar-refractivity contribution in [2.24, 2.45) is 0 Å². The summed E-state index contributed by atoms with van der Waals surface area (Å²) in [5.41, 5.74) is 2.35. The van der Waals surface area contributed by atoms with Crippen LogP contribution in [0.5, 0.6) is 0 Å². The van der Waals surface area contributed by atoms with E-state index in [1.807, 2.05) is 19.9 Å². The molecule has 27 heavy (non-hydrogen) atoms. The zero-order chi connectivity index (χ0) is 19.6. The number of carbonyl (C=O) groups is 2. The predicted molar refractivity (Wildman–Crippen MR) is 101 cm³/mol. The van der Waals surface area contributed by atoms with E-state index in [1.54, 1.807) is 28.6 Å². The summed E-state index contributed by atoms with van der Waals surface area (Å²) in [6, 6.07) is 5.92. The molecule has 2 heterocycles. The minimum Gasteiger partial charge on any atom is -0.331 e. The van der Waals surface area contributed by atoms with E-state index < -0.39 is 11.9 Å². The molecule has 1 fully saturated rings. The van der Waals surface area contributed by atoms with Crippen molar-refractivity contribution in [1.82, 2.24) is 14.7 Å². The molecular weight excluding hydrogens is 347 g/mol. The van der Waals surface area contributed by atoms with E-state index in [-0.39, 0.29) is 11.8 Å². The number of rotatable bonds is 4. The Hall–Kier alpha value is -2.70. The van der Waals surface area contributed by atoms with E-state index in [0.717, 1.165) is 24.2 Å². The summed E-state index contributed by atoms with van der Waals surface area (Å²) in [4.78, 5) is 26.4. The van der Waals surface area contributed by atoms with Crippen molar-refractivity contribution in [2.45, 2.75) is 52.5 Å². The minimum atomic E-state index is -0.495. The molecule has 3 rings (SSSR count). The lowest BCUT2D eigenvalue weighted by Gasteiger charge is -2.34. The third-order valence-electron chi connectivity index (χ3n) is 4.88. The third-order valence-corrected chi connectivity index (χ3v) is 4.88. The van der Waals surface area contributed by atoms with Gasteiger partial charge < -0.3 is 10.2 Å². The molecule has 1 aliphatic heterocycles. The molecule has 6 nitrogen and oxygen atoms in total. The molecule has 1 atom stereocenters. The molecule has 1 N–H and O–H groups in total. The van der Waals surface area contributed by atoms with Crippen LogP contribution in [-0.2, 0) is 9.59 Å². The molecule has 1 aliphatic rings. The van der Waals surface area contributed by atoms with Gasteiger partial charge in [0.15, 0.2) is 5.82 Å². The number of nitrogens with one attached hydrogen (secondary N) is 1. The van der Waals surface area contributed by atoms with Crippen molar-refractivity contribution in [3.05, 3.63) is 41.5 Å². The van der Waals surface area contributed by atoms with Crippen LogP contribution >= 0.6 is 0 Å². The molecule has 1 unspecified atom stereocenters. The average molecular weight is 372 g/mol. The molecular formula is C20H25FN4O2. The van der Waals surface area contributed by atoms with Gasteiger partial charge in [0.25, 0.3) is 0 Å². The van der Waals surface area contributed by atoms with Gasteiger partial charge in [0.1, 0.15) is 11.7 Å². The van der Waals surface area contributed by atoms with E-state index in [2.05, 4.69) is 10.4 Å². The second kappa shape index (κ2) is 7.90. The molecule has 0 bridgehead atoms. The molecule has 2 amide bonds. The van der Waals surface area contributed by atoms with Gasteiger partial charge in [0.05, 0.1) is 5.69 Å². The second-order valence-electron chi connectivity index (χ2n) is 6.95. The molecule has 1 aromatic heterocycles. The number of nitrogens with zero attached hydrogens (tertiary/aromatic N) is 3. The number of piperidine rings is 1. The monoisotopic (exact) mass is 372 g/mol. The third kappa shape index (κ3) is 4.02. The fraction of sp³-hybridized carbons (Fsp3) is 0.450. The summed E-state index contributed by atoms with van der Waals surface area (Å²) in [6.07, 6.45) is 2.80. The van der Waals surface area contributed by atoms with Crippen molar-refractivity contribution in [3.8, 4) is 5.69 Å². The van der Waals surface area contributed by atoms with Crippen molar-refractivity contribution in [1.29, 1.82) is 0 Å². The summed E-state index contributed by atoms with van der Waals surface area (Å²) in [5, 5.41) is 7.05. The summed E-state index contributed by atoms with van der Waals surface area (Å²) in [5.74, 6) is -0.764.